The Morgan fingerprint density at radius 2 is 2.00 bits per heavy atom. The van der Waals surface area contributed by atoms with Crippen LogP contribution in [0.1, 0.15) is 38.2 Å². The van der Waals surface area contributed by atoms with Crippen LogP contribution in [0.15, 0.2) is 35.1 Å². The Balaban J connectivity index is 1.68. The highest BCUT2D eigenvalue weighted by atomic mass is 35.5. The Kier molecular flexibility index (Phi) is 7.03. The Morgan fingerprint density at radius 1 is 1.24 bits per heavy atom. The molecule has 0 spiro atoms. The van der Waals surface area contributed by atoms with Crippen LogP contribution in [0, 0.1) is 11.3 Å². The number of fused-ring (bicyclic) bond motifs is 1. The molecule has 34 heavy (non-hydrogen) atoms. The predicted molar refractivity (Wildman–Crippen MR) is 133 cm³/mol. The number of ketones is 1. The van der Waals surface area contributed by atoms with Gasteiger partial charge in [-0.05, 0) is 49.6 Å². The number of aromatic nitrogens is 2. The van der Waals surface area contributed by atoms with Gasteiger partial charge in [-0.15, -0.1) is 0 Å². The van der Waals surface area contributed by atoms with E-state index in [4.69, 9.17) is 21.3 Å². The number of ether oxygens (including phenoxy) is 1. The van der Waals surface area contributed by atoms with Crippen molar-refractivity contribution in [2.24, 2.45) is 7.05 Å². The molecular formula is C25H26ClN5O3. The summed E-state index contributed by atoms with van der Waals surface area (Å²) in [5.74, 6) is 1.13. The number of nitriles is 1. The van der Waals surface area contributed by atoms with Crippen LogP contribution in [0.25, 0.3) is 10.9 Å². The highest BCUT2D eigenvalue weighted by Crippen LogP contribution is 2.32. The Hall–Kier alpha value is -3.57. The number of nitrogens with one attached hydrogen (secondary N) is 1. The predicted octanol–water partition coefficient (Wildman–Crippen LogP) is 4.55. The number of benzene rings is 1. The first-order valence-corrected chi connectivity index (χ1v) is 11.7. The molecule has 1 aromatic carbocycles. The fourth-order valence-electron chi connectivity index (χ4n) is 4.03. The number of halogens is 1. The number of hydrogen-bond acceptors (Lipinski definition) is 7. The van der Waals surface area contributed by atoms with Crippen molar-refractivity contribution in [2.45, 2.75) is 32.6 Å². The van der Waals surface area contributed by atoms with E-state index in [1.807, 2.05) is 18.2 Å². The molecule has 4 rings (SSSR count). The maximum atomic E-state index is 12.6. The van der Waals surface area contributed by atoms with Gasteiger partial charge < -0.3 is 19.5 Å². The van der Waals surface area contributed by atoms with Gasteiger partial charge in [0.05, 0.1) is 16.1 Å². The van der Waals surface area contributed by atoms with Crippen molar-refractivity contribution >= 4 is 45.6 Å². The van der Waals surface area contributed by atoms with Crippen LogP contribution in [0.2, 0.25) is 5.02 Å². The van der Waals surface area contributed by atoms with Crippen LogP contribution in [-0.2, 0) is 11.8 Å². The zero-order valence-electron chi connectivity index (χ0n) is 19.2. The third-order valence-electron chi connectivity index (χ3n) is 5.97. The number of pyridine rings is 2. The van der Waals surface area contributed by atoms with Crippen molar-refractivity contribution in [3.05, 3.63) is 51.3 Å². The van der Waals surface area contributed by atoms with Gasteiger partial charge >= 0.3 is 0 Å². The summed E-state index contributed by atoms with van der Waals surface area (Å²) in [6, 6.07) is 11.0. The highest BCUT2D eigenvalue weighted by molar-refractivity contribution is 6.33. The Morgan fingerprint density at radius 3 is 2.71 bits per heavy atom. The quantitative estimate of drug-likeness (QED) is 0.530. The average Bonchev–Trinajstić information content (AvgIpc) is 2.86. The summed E-state index contributed by atoms with van der Waals surface area (Å²) < 4.78 is 6.98. The van der Waals surface area contributed by atoms with Gasteiger partial charge in [-0.1, -0.05) is 18.5 Å². The third-order valence-corrected chi connectivity index (χ3v) is 6.26. The van der Waals surface area contributed by atoms with Gasteiger partial charge in [-0.25, -0.2) is 4.98 Å². The molecule has 1 fully saturated rings. The van der Waals surface area contributed by atoms with E-state index in [-0.39, 0.29) is 23.7 Å². The molecular weight excluding hydrogens is 454 g/mol. The molecule has 2 aromatic heterocycles. The lowest BCUT2D eigenvalue weighted by Gasteiger charge is -2.29. The minimum absolute atomic E-state index is 0.0800. The molecule has 176 valence electrons. The zero-order valence-corrected chi connectivity index (χ0v) is 20.0. The number of aryl methyl sites for hydroxylation is 1. The van der Waals surface area contributed by atoms with Crippen molar-refractivity contribution < 1.29 is 9.53 Å². The van der Waals surface area contributed by atoms with Gasteiger partial charge in [0.25, 0.3) is 5.56 Å². The lowest BCUT2D eigenvalue weighted by molar-refractivity contribution is -0.120. The molecule has 0 amide bonds. The summed E-state index contributed by atoms with van der Waals surface area (Å²) >= 11 is 6.45. The molecule has 0 unspecified atom stereocenters. The maximum absolute atomic E-state index is 12.6. The second-order valence-electron chi connectivity index (χ2n) is 8.30. The van der Waals surface area contributed by atoms with Crippen LogP contribution in [-0.4, -0.2) is 35.0 Å². The van der Waals surface area contributed by atoms with Crippen LogP contribution >= 0.6 is 11.6 Å². The van der Waals surface area contributed by atoms with Gasteiger partial charge in [0.2, 0.25) is 0 Å². The summed E-state index contributed by atoms with van der Waals surface area (Å²) in [6.45, 7) is 3.33. The summed E-state index contributed by atoms with van der Waals surface area (Å²) in [5.41, 5.74) is 1.58. The molecule has 3 heterocycles. The molecule has 1 aliphatic heterocycles. The first kappa shape index (κ1) is 23.6. The number of nitrogens with zero attached hydrogens (tertiary/aromatic N) is 4. The monoisotopic (exact) mass is 479 g/mol. The fourth-order valence-corrected chi connectivity index (χ4v) is 4.23. The molecule has 8 nitrogen and oxygen atoms in total. The van der Waals surface area contributed by atoms with E-state index in [1.165, 1.54) is 11.0 Å². The number of Topliss-reactive ketones (excluding diaryl/α,β-unsaturated/α-hetero) is 1. The van der Waals surface area contributed by atoms with Crippen molar-refractivity contribution in [3.63, 3.8) is 0 Å². The SMILES string of the molecule is CCC(=O)COc1cc2cc(Nc3nc(N4CCCCC4)c(C#N)cc3Cl)ccc2n(C)c1=O. The van der Waals surface area contributed by atoms with E-state index in [9.17, 15) is 14.9 Å². The second kappa shape index (κ2) is 10.1. The van der Waals surface area contributed by atoms with E-state index in [0.29, 0.717) is 34.3 Å². The van der Waals surface area contributed by atoms with Crippen molar-refractivity contribution in [1.82, 2.24) is 9.55 Å². The summed E-state index contributed by atoms with van der Waals surface area (Å²) in [7, 11) is 1.66. The van der Waals surface area contributed by atoms with Gasteiger partial charge in [-0.3, -0.25) is 9.59 Å². The van der Waals surface area contributed by atoms with E-state index < -0.39 is 0 Å². The number of hydrogen-bond donors (Lipinski definition) is 1. The minimum atomic E-state index is -0.305. The Bertz CT molecular complexity index is 1340. The van der Waals surface area contributed by atoms with Crippen LogP contribution in [0.3, 0.4) is 0 Å². The number of piperidine rings is 1. The minimum Gasteiger partial charge on any atom is -0.480 e. The Labute approximate surface area is 202 Å². The van der Waals surface area contributed by atoms with E-state index in [1.54, 1.807) is 26.1 Å². The number of carbonyl (C=O) groups excluding carboxylic acids is 1. The third kappa shape index (κ3) is 4.85. The lowest BCUT2D eigenvalue weighted by atomic mass is 10.1. The average molecular weight is 480 g/mol. The van der Waals surface area contributed by atoms with E-state index in [2.05, 4.69) is 16.3 Å². The molecule has 0 bridgehead atoms. The van der Waals surface area contributed by atoms with Crippen LogP contribution < -0.4 is 20.5 Å². The summed E-state index contributed by atoms with van der Waals surface area (Å²) in [5, 5.41) is 13.9. The van der Waals surface area contributed by atoms with Gasteiger partial charge in [0.1, 0.15) is 18.5 Å². The normalized spacial score (nSPS) is 13.5. The molecule has 0 atom stereocenters. The fraction of sp³-hybridized carbons (Fsp3) is 0.360. The highest BCUT2D eigenvalue weighted by Gasteiger charge is 2.19. The molecule has 9 heteroatoms. The standard InChI is InChI=1S/C25H26ClN5O3/c1-3-19(32)15-34-22-13-16-11-18(7-8-21(16)30(2)25(22)33)28-23-20(26)12-17(14-27)24(29-23)31-9-5-4-6-10-31/h7-8,11-13H,3-6,9-10,15H2,1-2H3,(H,28,29). The molecule has 1 saturated heterocycles. The summed E-state index contributed by atoms with van der Waals surface area (Å²) in [6.07, 6.45) is 3.65. The molecule has 0 radical (unpaired) electrons. The lowest BCUT2D eigenvalue weighted by Crippen LogP contribution is -2.31. The topological polar surface area (TPSA) is 100 Å². The first-order valence-electron chi connectivity index (χ1n) is 11.3. The van der Waals surface area contributed by atoms with Crippen LogP contribution in [0.5, 0.6) is 5.75 Å². The number of rotatable bonds is 7. The number of anilines is 3. The second-order valence-corrected chi connectivity index (χ2v) is 8.71. The molecule has 3 aromatic rings. The molecule has 0 aliphatic carbocycles. The van der Waals surface area contributed by atoms with Crippen molar-refractivity contribution in [3.8, 4) is 11.8 Å². The molecule has 0 saturated carbocycles. The van der Waals surface area contributed by atoms with Gasteiger partial charge in [0.15, 0.2) is 17.4 Å². The van der Waals surface area contributed by atoms with Crippen molar-refractivity contribution in [2.75, 3.05) is 29.9 Å². The van der Waals surface area contributed by atoms with Gasteiger partial charge in [0, 0.05) is 37.6 Å². The zero-order chi connectivity index (χ0) is 24.2. The molecule has 1 N–H and O–H groups in total. The summed E-state index contributed by atoms with van der Waals surface area (Å²) in [4.78, 5) is 31.1. The van der Waals surface area contributed by atoms with E-state index in [0.717, 1.165) is 36.8 Å². The van der Waals surface area contributed by atoms with E-state index >= 15 is 0 Å². The largest absolute Gasteiger partial charge is 0.480 e. The van der Waals surface area contributed by atoms with Crippen molar-refractivity contribution in [1.29, 1.82) is 5.26 Å². The smallest absolute Gasteiger partial charge is 0.293 e. The maximum Gasteiger partial charge on any atom is 0.293 e. The first-order chi connectivity index (χ1) is 16.4. The number of carbonyl (C=O) groups is 1. The van der Waals surface area contributed by atoms with Crippen LogP contribution in [0.4, 0.5) is 17.3 Å². The molecule has 1 aliphatic rings. The van der Waals surface area contributed by atoms with Gasteiger partial charge in [-0.2, -0.15) is 5.26 Å².